The van der Waals surface area contributed by atoms with E-state index in [-0.39, 0.29) is 18.4 Å². The summed E-state index contributed by atoms with van der Waals surface area (Å²) in [5, 5.41) is 0. The zero-order chi connectivity index (χ0) is 20.9. The van der Waals surface area contributed by atoms with Gasteiger partial charge in [-0.05, 0) is 25.7 Å². The van der Waals surface area contributed by atoms with Gasteiger partial charge in [0.1, 0.15) is 19.6 Å². The van der Waals surface area contributed by atoms with Crippen LogP contribution in [-0.4, -0.2) is 76.5 Å². The van der Waals surface area contributed by atoms with Gasteiger partial charge in [-0.1, -0.05) is 40.5 Å². The first-order chi connectivity index (χ1) is 13.6. The maximum absolute atomic E-state index is 12.2. The van der Waals surface area contributed by atoms with Crippen molar-refractivity contribution in [2.24, 2.45) is 0 Å². The molecule has 0 fully saturated rings. The molecule has 0 aliphatic rings. The van der Waals surface area contributed by atoms with Gasteiger partial charge in [-0.25, -0.2) is 0 Å². The number of halogens is 1. The van der Waals surface area contributed by atoms with E-state index in [1.807, 2.05) is 0 Å². The van der Waals surface area contributed by atoms with Crippen LogP contribution in [0.1, 0.15) is 72.6 Å². The van der Waals surface area contributed by atoms with Crippen LogP contribution in [0.2, 0.25) is 0 Å². The Morgan fingerprint density at radius 1 is 0.655 bits per heavy atom. The van der Waals surface area contributed by atoms with Crippen LogP contribution >= 0.6 is 0 Å². The topological polar surface area (TPSA) is 54.0 Å². The Kier molecular flexibility index (Phi) is 23.7. The number of quaternary nitrogens is 1. The standard InChI is InChI=1S/C22H46NO5.ClH/c1-5-9-10-11-22(24)28-21-23(12-18-25-15-6-2,13-19-26-16-7-3)14-20-27-17-8-4;/h5-21H2,1-4H3;1H/q+1;/p-1. The molecule has 0 radical (unpaired) electrons. The molecule has 6 nitrogen and oxygen atoms in total. The maximum atomic E-state index is 12.2. The lowest BCUT2D eigenvalue weighted by molar-refractivity contribution is -0.944. The van der Waals surface area contributed by atoms with E-state index in [2.05, 4.69) is 27.7 Å². The van der Waals surface area contributed by atoms with Crippen molar-refractivity contribution in [3.05, 3.63) is 0 Å². The number of carbonyl (C=O) groups excluding carboxylic acids is 1. The van der Waals surface area contributed by atoms with Crippen molar-refractivity contribution in [3.63, 3.8) is 0 Å². The van der Waals surface area contributed by atoms with Crippen LogP contribution < -0.4 is 12.4 Å². The molecule has 7 heteroatoms. The van der Waals surface area contributed by atoms with Crippen molar-refractivity contribution in [2.45, 2.75) is 72.6 Å². The summed E-state index contributed by atoms with van der Waals surface area (Å²) in [5.41, 5.74) is 0. The summed E-state index contributed by atoms with van der Waals surface area (Å²) in [6.45, 7) is 15.5. The number of unbranched alkanes of at least 4 members (excludes halogenated alkanes) is 2. The Morgan fingerprint density at radius 3 is 1.48 bits per heavy atom. The maximum Gasteiger partial charge on any atom is 0.310 e. The fraction of sp³-hybridized carbons (Fsp3) is 0.955. The number of ether oxygens (including phenoxy) is 4. The largest absolute Gasteiger partial charge is 1.00 e. The van der Waals surface area contributed by atoms with Crippen LogP contribution in [0.3, 0.4) is 0 Å². The van der Waals surface area contributed by atoms with Crippen molar-refractivity contribution in [1.82, 2.24) is 0 Å². The van der Waals surface area contributed by atoms with Gasteiger partial charge < -0.3 is 31.4 Å². The van der Waals surface area contributed by atoms with Crippen molar-refractivity contribution < 1.29 is 40.6 Å². The predicted molar refractivity (Wildman–Crippen MR) is 113 cm³/mol. The quantitative estimate of drug-likeness (QED) is 0.116. The van der Waals surface area contributed by atoms with Crippen molar-refractivity contribution in [3.8, 4) is 0 Å². The molecule has 0 aliphatic carbocycles. The average molecular weight is 440 g/mol. The van der Waals surface area contributed by atoms with E-state index < -0.39 is 0 Å². The average Bonchev–Trinajstić information content (AvgIpc) is 2.70. The molecule has 0 aliphatic heterocycles. The van der Waals surface area contributed by atoms with Gasteiger partial charge in [0.05, 0.1) is 19.8 Å². The molecule has 0 heterocycles. The molecule has 0 aromatic carbocycles. The van der Waals surface area contributed by atoms with Crippen molar-refractivity contribution in [2.75, 3.05) is 66.0 Å². The van der Waals surface area contributed by atoms with Gasteiger partial charge in [0, 0.05) is 26.2 Å². The monoisotopic (exact) mass is 439 g/mol. The molecule has 0 atom stereocenters. The number of rotatable bonds is 21. The highest BCUT2D eigenvalue weighted by Gasteiger charge is 2.29. The highest BCUT2D eigenvalue weighted by atomic mass is 35.5. The van der Waals surface area contributed by atoms with E-state index in [0.29, 0.717) is 37.5 Å². The van der Waals surface area contributed by atoms with Gasteiger partial charge >= 0.3 is 5.97 Å². The Balaban J connectivity index is 0. The van der Waals surface area contributed by atoms with Crippen LogP contribution in [0.5, 0.6) is 0 Å². The van der Waals surface area contributed by atoms with E-state index in [9.17, 15) is 4.79 Å². The summed E-state index contributed by atoms with van der Waals surface area (Å²) >= 11 is 0. The third-order valence-electron chi connectivity index (χ3n) is 4.66. The molecule has 0 bridgehead atoms. The van der Waals surface area contributed by atoms with Crippen LogP contribution in [0.4, 0.5) is 0 Å². The number of carbonyl (C=O) groups is 1. The first kappa shape index (κ1) is 30.8. The Labute approximate surface area is 185 Å². The SMILES string of the molecule is CCCCCC(=O)OC[N+](CCOCCC)(CCOCCC)CCOCCC.[Cl-]. The van der Waals surface area contributed by atoms with E-state index in [1.165, 1.54) is 0 Å². The Hall–Kier alpha value is -0.400. The third kappa shape index (κ3) is 18.1. The van der Waals surface area contributed by atoms with Crippen LogP contribution in [0.15, 0.2) is 0 Å². The van der Waals surface area contributed by atoms with Gasteiger partial charge in [0.25, 0.3) is 0 Å². The summed E-state index contributed by atoms with van der Waals surface area (Å²) in [5.74, 6) is -0.102. The molecule has 0 unspecified atom stereocenters. The summed E-state index contributed by atoms with van der Waals surface area (Å²) in [7, 11) is 0. The lowest BCUT2D eigenvalue weighted by Crippen LogP contribution is -3.00. The van der Waals surface area contributed by atoms with Crippen LogP contribution in [0, 0.1) is 0 Å². The summed E-state index contributed by atoms with van der Waals surface area (Å²) < 4.78 is 23.6. The summed E-state index contributed by atoms with van der Waals surface area (Å²) in [4.78, 5) is 12.2. The molecular weight excluding hydrogens is 394 g/mol. The zero-order valence-electron chi connectivity index (χ0n) is 19.4. The minimum atomic E-state index is -0.102. The van der Waals surface area contributed by atoms with E-state index in [4.69, 9.17) is 18.9 Å². The second-order valence-electron chi connectivity index (χ2n) is 7.45. The van der Waals surface area contributed by atoms with Crippen LogP contribution in [0.25, 0.3) is 0 Å². The molecule has 0 aromatic rings. The fourth-order valence-electron chi connectivity index (χ4n) is 2.84. The smallest absolute Gasteiger partial charge is 0.310 e. The highest BCUT2D eigenvalue weighted by molar-refractivity contribution is 5.69. The molecule has 0 saturated heterocycles. The molecule has 0 N–H and O–H groups in total. The molecule has 0 amide bonds. The molecule has 0 rings (SSSR count). The molecular formula is C22H46ClNO5. The van der Waals surface area contributed by atoms with Gasteiger partial charge in [0.15, 0.2) is 0 Å². The normalized spacial score (nSPS) is 11.3. The minimum Gasteiger partial charge on any atom is -1.00 e. The Morgan fingerprint density at radius 2 is 1.10 bits per heavy atom. The lowest BCUT2D eigenvalue weighted by atomic mass is 10.2. The van der Waals surface area contributed by atoms with E-state index >= 15 is 0 Å². The molecule has 29 heavy (non-hydrogen) atoms. The minimum absolute atomic E-state index is 0. The highest BCUT2D eigenvalue weighted by Crippen LogP contribution is 2.11. The third-order valence-corrected chi connectivity index (χ3v) is 4.66. The fourth-order valence-corrected chi connectivity index (χ4v) is 2.84. The van der Waals surface area contributed by atoms with E-state index in [1.54, 1.807) is 0 Å². The van der Waals surface area contributed by atoms with Gasteiger partial charge in [0.2, 0.25) is 6.73 Å². The molecule has 0 aromatic heterocycles. The van der Waals surface area contributed by atoms with E-state index in [0.717, 1.165) is 78.0 Å². The summed E-state index contributed by atoms with van der Waals surface area (Å²) in [6.07, 6.45) is 6.58. The Bertz CT molecular complexity index is 327. The number of hydrogen-bond donors (Lipinski definition) is 0. The lowest BCUT2D eigenvalue weighted by Gasteiger charge is -2.37. The van der Waals surface area contributed by atoms with Crippen molar-refractivity contribution >= 4 is 5.97 Å². The van der Waals surface area contributed by atoms with Crippen molar-refractivity contribution in [1.29, 1.82) is 0 Å². The molecule has 0 saturated carbocycles. The molecule has 0 spiro atoms. The molecule has 176 valence electrons. The number of esters is 1. The van der Waals surface area contributed by atoms with Crippen LogP contribution in [-0.2, 0) is 23.7 Å². The predicted octanol–water partition coefficient (Wildman–Crippen LogP) is 1.17. The van der Waals surface area contributed by atoms with Gasteiger partial charge in [-0.15, -0.1) is 0 Å². The van der Waals surface area contributed by atoms with Gasteiger partial charge in [-0.3, -0.25) is 9.28 Å². The number of hydrogen-bond acceptors (Lipinski definition) is 5. The zero-order valence-corrected chi connectivity index (χ0v) is 20.1. The second-order valence-corrected chi connectivity index (χ2v) is 7.45. The number of nitrogens with zero attached hydrogens (tertiary/aromatic N) is 1. The van der Waals surface area contributed by atoms with Gasteiger partial charge in [-0.2, -0.15) is 0 Å². The second kappa shape index (κ2) is 22.3. The first-order valence-corrected chi connectivity index (χ1v) is 11.4. The summed E-state index contributed by atoms with van der Waals surface area (Å²) in [6, 6.07) is 0. The first-order valence-electron chi connectivity index (χ1n) is 11.4.